The van der Waals surface area contributed by atoms with Gasteiger partial charge in [0.25, 0.3) is 0 Å². The number of hydrogen-bond donors (Lipinski definition) is 1. The van der Waals surface area contributed by atoms with E-state index in [4.69, 9.17) is 5.11 Å². The van der Waals surface area contributed by atoms with Crippen LogP contribution in [-0.2, 0) is 14.3 Å². The van der Waals surface area contributed by atoms with Gasteiger partial charge in [0.2, 0.25) is 0 Å². The second-order valence-corrected chi connectivity index (χ2v) is 2.83. The van der Waals surface area contributed by atoms with E-state index in [0.717, 1.165) is 0 Å². The van der Waals surface area contributed by atoms with Crippen molar-refractivity contribution >= 4 is 11.9 Å². The number of hydrogen-bond acceptors (Lipinski definition) is 3. The van der Waals surface area contributed by atoms with Crippen molar-refractivity contribution in [1.82, 2.24) is 0 Å². The monoisotopic (exact) mass is 254 g/mol. The Morgan fingerprint density at radius 2 is 1.88 bits per heavy atom. The van der Waals surface area contributed by atoms with Gasteiger partial charge in [-0.1, -0.05) is 12.7 Å². The molecule has 0 fully saturated rings. The normalized spacial score (nSPS) is 10.4. The van der Waals surface area contributed by atoms with Gasteiger partial charge in [-0.25, -0.2) is 9.59 Å². The van der Waals surface area contributed by atoms with Gasteiger partial charge in [-0.3, -0.25) is 0 Å². The predicted octanol–water partition coefficient (Wildman–Crippen LogP) is 2.32. The van der Waals surface area contributed by atoms with Gasteiger partial charge in [0, 0.05) is 11.6 Å². The van der Waals surface area contributed by atoms with Crippen molar-refractivity contribution in [2.45, 2.75) is 19.5 Å². The van der Waals surface area contributed by atoms with Crippen LogP contribution in [0.2, 0.25) is 0 Å². The van der Waals surface area contributed by atoms with E-state index in [1.54, 1.807) is 6.92 Å². The minimum absolute atomic E-state index is 0.347. The van der Waals surface area contributed by atoms with E-state index in [-0.39, 0.29) is 5.97 Å². The first-order chi connectivity index (χ1) is 7.60. The molecule has 0 radical (unpaired) electrons. The lowest BCUT2D eigenvalue weighted by atomic mass is 10.4. The topological polar surface area (TPSA) is 63.6 Å². The summed E-state index contributed by atoms with van der Waals surface area (Å²) in [5.74, 6) is -1.72. The Balaban J connectivity index is 0. The molecule has 0 aromatic rings. The van der Waals surface area contributed by atoms with E-state index in [0.29, 0.717) is 17.7 Å². The fourth-order valence-corrected chi connectivity index (χ4v) is 0.468. The van der Waals surface area contributed by atoms with Gasteiger partial charge in [0.05, 0.1) is 13.5 Å². The lowest BCUT2D eigenvalue weighted by Crippen LogP contribution is -2.04. The van der Waals surface area contributed by atoms with Crippen LogP contribution in [0.5, 0.6) is 0 Å². The first-order valence-corrected chi connectivity index (χ1v) is 4.30. The highest BCUT2D eigenvalue weighted by atomic mass is 19.4. The molecule has 0 unspecified atom stereocenters. The minimum Gasteiger partial charge on any atom is -0.478 e. The zero-order chi connectivity index (χ0) is 14.1. The van der Waals surface area contributed by atoms with E-state index in [1.165, 1.54) is 7.11 Å². The van der Waals surface area contributed by atoms with Gasteiger partial charge in [-0.05, 0) is 6.92 Å². The van der Waals surface area contributed by atoms with E-state index < -0.39 is 18.6 Å². The number of rotatable bonds is 3. The largest absolute Gasteiger partial charge is 0.478 e. The van der Waals surface area contributed by atoms with Gasteiger partial charge in [0.15, 0.2) is 0 Å². The van der Waals surface area contributed by atoms with Crippen molar-refractivity contribution in [3.05, 3.63) is 24.3 Å². The zero-order valence-corrected chi connectivity index (χ0v) is 9.37. The van der Waals surface area contributed by atoms with Gasteiger partial charge in [0.1, 0.15) is 0 Å². The summed E-state index contributed by atoms with van der Waals surface area (Å²) in [5, 5.41) is 7.86. The Morgan fingerprint density at radius 3 is 2.06 bits per heavy atom. The number of carboxylic acid groups (broad SMARTS) is 1. The quantitative estimate of drug-likeness (QED) is 0.620. The van der Waals surface area contributed by atoms with Crippen LogP contribution in [0.15, 0.2) is 24.3 Å². The Bertz CT molecular complexity index is 305. The summed E-state index contributed by atoms with van der Waals surface area (Å²) in [6.07, 6.45) is -4.49. The van der Waals surface area contributed by atoms with Crippen molar-refractivity contribution in [3.63, 3.8) is 0 Å². The number of methoxy groups -OCH3 is 1. The third-order valence-electron chi connectivity index (χ3n) is 1.14. The first kappa shape index (κ1) is 17.6. The van der Waals surface area contributed by atoms with Gasteiger partial charge in [-0.2, -0.15) is 13.2 Å². The Morgan fingerprint density at radius 1 is 1.41 bits per heavy atom. The highest BCUT2D eigenvalue weighted by molar-refractivity contribution is 5.86. The molecule has 0 heterocycles. The summed E-state index contributed by atoms with van der Waals surface area (Å²) < 4.78 is 38.1. The molecule has 17 heavy (non-hydrogen) atoms. The molecule has 0 rings (SSSR count). The van der Waals surface area contributed by atoms with Crippen molar-refractivity contribution < 1.29 is 32.6 Å². The second-order valence-electron chi connectivity index (χ2n) is 2.83. The van der Waals surface area contributed by atoms with Crippen LogP contribution >= 0.6 is 0 Å². The van der Waals surface area contributed by atoms with E-state index in [1.807, 2.05) is 0 Å². The first-order valence-electron chi connectivity index (χ1n) is 4.30. The van der Waals surface area contributed by atoms with Crippen LogP contribution in [0, 0.1) is 0 Å². The maximum absolute atomic E-state index is 11.3. The maximum Gasteiger partial charge on any atom is 0.392 e. The SMILES string of the molecule is C=C(C)C(=O)OC.O=C(O)C=CCC(F)(F)F. The number of aliphatic carboxylic acids is 1. The minimum atomic E-state index is -4.31. The summed E-state index contributed by atoms with van der Waals surface area (Å²) in [7, 11) is 1.33. The number of ether oxygens (including phenoxy) is 1. The second kappa shape index (κ2) is 8.37. The average Bonchev–Trinajstić information content (AvgIpc) is 2.14. The third kappa shape index (κ3) is 16.9. The molecular weight excluding hydrogens is 241 g/mol. The third-order valence-corrected chi connectivity index (χ3v) is 1.14. The highest BCUT2D eigenvalue weighted by Crippen LogP contribution is 2.19. The summed E-state index contributed by atoms with van der Waals surface area (Å²) in [4.78, 5) is 19.8. The molecule has 0 aliphatic heterocycles. The van der Waals surface area contributed by atoms with Crippen molar-refractivity contribution in [1.29, 1.82) is 0 Å². The lowest BCUT2D eigenvalue weighted by Gasteiger charge is -1.98. The number of carboxylic acids is 1. The maximum atomic E-state index is 11.3. The molecule has 0 bridgehead atoms. The molecular formula is C10H13F3O4. The van der Waals surface area contributed by atoms with E-state index in [2.05, 4.69) is 11.3 Å². The van der Waals surface area contributed by atoms with Crippen molar-refractivity contribution in [3.8, 4) is 0 Å². The molecule has 0 atom stereocenters. The number of esters is 1. The van der Waals surface area contributed by atoms with Crippen molar-refractivity contribution in [2.24, 2.45) is 0 Å². The van der Waals surface area contributed by atoms with Gasteiger partial charge >= 0.3 is 18.1 Å². The Hall–Kier alpha value is -1.79. The molecule has 4 nitrogen and oxygen atoms in total. The van der Waals surface area contributed by atoms with Crippen LogP contribution < -0.4 is 0 Å². The smallest absolute Gasteiger partial charge is 0.392 e. The molecule has 0 aliphatic carbocycles. The summed E-state index contributed by atoms with van der Waals surface area (Å²) in [6, 6.07) is 0. The van der Waals surface area contributed by atoms with Crippen LogP contribution in [-0.4, -0.2) is 30.3 Å². The number of carbonyl (C=O) groups is 2. The molecule has 0 amide bonds. The number of alkyl halides is 3. The van der Waals surface area contributed by atoms with Crippen molar-refractivity contribution in [2.75, 3.05) is 7.11 Å². The standard InChI is InChI=1S/C5H5F3O2.C5H8O2/c6-5(7,8)3-1-2-4(9)10;1-4(2)5(6)7-3/h1-2H,3H2,(H,9,10);1H2,2-3H3. The molecule has 0 aliphatic rings. The summed E-state index contributed by atoms with van der Waals surface area (Å²) in [6.45, 7) is 4.95. The molecule has 7 heteroatoms. The highest BCUT2D eigenvalue weighted by Gasteiger charge is 2.24. The number of carbonyl (C=O) groups excluding carboxylic acids is 1. The zero-order valence-electron chi connectivity index (χ0n) is 9.37. The fraction of sp³-hybridized carbons (Fsp3) is 0.400. The van der Waals surface area contributed by atoms with Crippen LogP contribution in [0.25, 0.3) is 0 Å². The van der Waals surface area contributed by atoms with Crippen LogP contribution in [0.3, 0.4) is 0 Å². The van der Waals surface area contributed by atoms with E-state index >= 15 is 0 Å². The summed E-state index contributed by atoms with van der Waals surface area (Å²) in [5.41, 5.74) is 0.433. The fourth-order valence-electron chi connectivity index (χ4n) is 0.468. The Labute approximate surface area is 96.4 Å². The molecule has 0 saturated heterocycles. The molecule has 98 valence electrons. The molecule has 0 aromatic heterocycles. The van der Waals surface area contributed by atoms with E-state index in [9.17, 15) is 22.8 Å². The van der Waals surface area contributed by atoms with Gasteiger partial charge < -0.3 is 9.84 Å². The molecule has 1 N–H and O–H groups in total. The average molecular weight is 254 g/mol. The van der Waals surface area contributed by atoms with Crippen LogP contribution in [0.1, 0.15) is 13.3 Å². The predicted molar refractivity (Wildman–Crippen MR) is 54.3 cm³/mol. The Kier molecular flexibility index (Phi) is 8.67. The number of allylic oxidation sites excluding steroid dienone is 1. The van der Waals surface area contributed by atoms with Crippen LogP contribution in [0.4, 0.5) is 13.2 Å². The molecule has 0 saturated carbocycles. The lowest BCUT2D eigenvalue weighted by molar-refractivity contribution is -0.136. The molecule has 0 aromatic carbocycles. The van der Waals surface area contributed by atoms with Gasteiger partial charge in [-0.15, -0.1) is 0 Å². The summed E-state index contributed by atoms with van der Waals surface area (Å²) >= 11 is 0. The molecule has 0 spiro atoms. The number of halogens is 3.